The summed E-state index contributed by atoms with van der Waals surface area (Å²) in [4.78, 5) is 16.2. The fourth-order valence-electron chi connectivity index (χ4n) is 2.25. The lowest BCUT2D eigenvalue weighted by atomic mass is 10.1. The Labute approximate surface area is 120 Å². The molecule has 3 nitrogen and oxygen atoms in total. The minimum absolute atomic E-state index is 0.103. The van der Waals surface area contributed by atoms with E-state index in [9.17, 15) is 18.0 Å². The predicted molar refractivity (Wildman–Crippen MR) is 75.2 cm³/mol. The molecule has 0 saturated carbocycles. The molecule has 0 bridgehead atoms. The molecule has 0 radical (unpaired) electrons. The number of rotatable bonds is 5. The first-order valence-corrected chi connectivity index (χ1v) is 6.84. The summed E-state index contributed by atoms with van der Waals surface area (Å²) in [5, 5.41) is 0.809. The first-order chi connectivity index (χ1) is 9.92. The Kier molecular flexibility index (Phi) is 4.55. The third-order valence-corrected chi connectivity index (χ3v) is 3.26. The number of hydrogen-bond donors (Lipinski definition) is 1. The second-order valence-corrected chi connectivity index (χ2v) is 4.94. The first-order valence-electron chi connectivity index (χ1n) is 6.84. The summed E-state index contributed by atoms with van der Waals surface area (Å²) in [6, 6.07) is 6.82. The van der Waals surface area contributed by atoms with Crippen LogP contribution < -0.4 is 0 Å². The zero-order valence-electron chi connectivity index (χ0n) is 11.7. The van der Waals surface area contributed by atoms with Gasteiger partial charge in [0.15, 0.2) is 0 Å². The number of alkyl halides is 3. The van der Waals surface area contributed by atoms with Gasteiger partial charge in [-0.3, -0.25) is 4.79 Å². The minimum Gasteiger partial charge on any atom is -0.361 e. The topological polar surface area (TPSA) is 36.1 Å². The van der Waals surface area contributed by atoms with Crippen LogP contribution in [0.15, 0.2) is 30.5 Å². The number of halogens is 3. The monoisotopic (exact) mass is 298 g/mol. The van der Waals surface area contributed by atoms with E-state index in [4.69, 9.17) is 0 Å². The summed E-state index contributed by atoms with van der Waals surface area (Å²) in [5.74, 6) is -0.589. The summed E-state index contributed by atoms with van der Waals surface area (Å²) in [5.41, 5.74) is 0.851. The van der Waals surface area contributed by atoms with Gasteiger partial charge >= 0.3 is 6.18 Å². The van der Waals surface area contributed by atoms with Crippen LogP contribution in [0.5, 0.6) is 0 Å². The predicted octanol–water partition coefficient (Wildman–Crippen LogP) is 3.97. The Morgan fingerprint density at radius 3 is 2.71 bits per heavy atom. The fourth-order valence-corrected chi connectivity index (χ4v) is 2.25. The van der Waals surface area contributed by atoms with Crippen LogP contribution in [-0.4, -0.2) is 35.1 Å². The average molecular weight is 298 g/mol. The van der Waals surface area contributed by atoms with E-state index in [1.54, 1.807) is 24.4 Å². The Morgan fingerprint density at radius 1 is 1.29 bits per heavy atom. The van der Waals surface area contributed by atoms with Gasteiger partial charge in [0.2, 0.25) is 0 Å². The average Bonchev–Trinajstić information content (AvgIpc) is 2.89. The second-order valence-electron chi connectivity index (χ2n) is 4.94. The number of H-pyrrole nitrogens is 1. The number of benzene rings is 1. The Morgan fingerprint density at radius 2 is 2.05 bits per heavy atom. The number of carbonyl (C=O) groups excluding carboxylic acids is 1. The van der Waals surface area contributed by atoms with Crippen molar-refractivity contribution in [1.29, 1.82) is 0 Å². The van der Waals surface area contributed by atoms with Crippen molar-refractivity contribution in [3.63, 3.8) is 0 Å². The molecule has 0 aliphatic heterocycles. The van der Waals surface area contributed by atoms with Crippen molar-refractivity contribution >= 4 is 16.8 Å². The van der Waals surface area contributed by atoms with Crippen LogP contribution in [0.4, 0.5) is 13.2 Å². The second kappa shape index (κ2) is 6.20. The van der Waals surface area contributed by atoms with Crippen LogP contribution in [0, 0.1) is 0 Å². The standard InChI is InChI=1S/C15H17F3N2O/c1-2-3-9-20(10-15(16,17)18)14(21)12-6-4-5-11-7-8-19-13(11)12/h4-8,19H,2-3,9-10H2,1H3. The molecule has 0 fully saturated rings. The van der Waals surface area contributed by atoms with Crippen molar-refractivity contribution in [2.24, 2.45) is 0 Å². The normalized spacial score (nSPS) is 11.8. The molecule has 2 rings (SSSR count). The zero-order valence-corrected chi connectivity index (χ0v) is 11.7. The molecule has 6 heteroatoms. The van der Waals surface area contributed by atoms with Gasteiger partial charge < -0.3 is 9.88 Å². The van der Waals surface area contributed by atoms with Gasteiger partial charge in [0, 0.05) is 18.1 Å². The quantitative estimate of drug-likeness (QED) is 0.890. The lowest BCUT2D eigenvalue weighted by Gasteiger charge is -2.24. The largest absolute Gasteiger partial charge is 0.406 e. The molecule has 0 aliphatic carbocycles. The third-order valence-electron chi connectivity index (χ3n) is 3.26. The number of fused-ring (bicyclic) bond motifs is 1. The summed E-state index contributed by atoms with van der Waals surface area (Å²) < 4.78 is 38.0. The van der Waals surface area contributed by atoms with Gasteiger partial charge in [-0.1, -0.05) is 25.5 Å². The van der Waals surface area contributed by atoms with Gasteiger partial charge in [0.05, 0.1) is 11.1 Å². The van der Waals surface area contributed by atoms with Gasteiger partial charge in [0.25, 0.3) is 5.91 Å². The molecule has 2 aromatic rings. The number of aromatic nitrogens is 1. The highest BCUT2D eigenvalue weighted by Gasteiger charge is 2.33. The van der Waals surface area contributed by atoms with Crippen LogP contribution >= 0.6 is 0 Å². The number of nitrogens with zero attached hydrogens (tertiary/aromatic N) is 1. The maximum atomic E-state index is 12.7. The van der Waals surface area contributed by atoms with Crippen molar-refractivity contribution < 1.29 is 18.0 Å². The summed E-state index contributed by atoms with van der Waals surface area (Å²) >= 11 is 0. The molecule has 114 valence electrons. The number of unbranched alkanes of at least 4 members (excludes halogenated alkanes) is 1. The maximum Gasteiger partial charge on any atom is 0.406 e. The molecule has 1 aromatic heterocycles. The van der Waals surface area contributed by atoms with E-state index in [1.807, 2.05) is 13.0 Å². The van der Waals surface area contributed by atoms with Crippen LogP contribution in [0.3, 0.4) is 0 Å². The summed E-state index contributed by atoms with van der Waals surface area (Å²) in [7, 11) is 0. The van der Waals surface area contributed by atoms with Gasteiger partial charge in [-0.25, -0.2) is 0 Å². The number of nitrogens with one attached hydrogen (secondary N) is 1. The highest BCUT2D eigenvalue weighted by Crippen LogP contribution is 2.22. The first kappa shape index (κ1) is 15.4. The molecule has 0 spiro atoms. The molecular formula is C15H17F3N2O. The van der Waals surface area contributed by atoms with Gasteiger partial charge in [-0.2, -0.15) is 13.2 Å². The van der Waals surface area contributed by atoms with Gasteiger partial charge in [0.1, 0.15) is 6.54 Å². The number of para-hydroxylation sites is 1. The van der Waals surface area contributed by atoms with Crippen LogP contribution in [-0.2, 0) is 0 Å². The maximum absolute atomic E-state index is 12.7. The van der Waals surface area contributed by atoms with Crippen molar-refractivity contribution in [1.82, 2.24) is 9.88 Å². The van der Waals surface area contributed by atoms with Gasteiger partial charge in [-0.15, -0.1) is 0 Å². The molecule has 0 saturated heterocycles. The number of carbonyl (C=O) groups is 1. The number of amides is 1. The number of hydrogen-bond acceptors (Lipinski definition) is 1. The van der Waals surface area contributed by atoms with Crippen molar-refractivity contribution in [3.8, 4) is 0 Å². The highest BCUT2D eigenvalue weighted by molar-refractivity contribution is 6.05. The molecule has 1 aromatic carbocycles. The summed E-state index contributed by atoms with van der Waals surface area (Å²) in [6.45, 7) is 0.761. The SMILES string of the molecule is CCCCN(CC(F)(F)F)C(=O)c1cccc2cc[nH]c12. The summed E-state index contributed by atoms with van der Waals surface area (Å²) in [6.07, 6.45) is -1.45. The molecule has 0 atom stereocenters. The highest BCUT2D eigenvalue weighted by atomic mass is 19.4. The Bertz CT molecular complexity index is 619. The molecule has 0 unspecified atom stereocenters. The van der Waals surface area contributed by atoms with Crippen molar-refractivity contribution in [2.75, 3.05) is 13.1 Å². The Balaban J connectivity index is 2.30. The molecule has 1 amide bonds. The smallest absolute Gasteiger partial charge is 0.361 e. The lowest BCUT2D eigenvalue weighted by Crippen LogP contribution is -2.39. The van der Waals surface area contributed by atoms with E-state index in [2.05, 4.69) is 4.98 Å². The molecule has 1 heterocycles. The van der Waals surface area contributed by atoms with E-state index in [-0.39, 0.29) is 12.1 Å². The van der Waals surface area contributed by atoms with E-state index in [0.717, 1.165) is 16.7 Å². The fraction of sp³-hybridized carbons (Fsp3) is 0.400. The van der Waals surface area contributed by atoms with Crippen LogP contribution in [0.25, 0.3) is 10.9 Å². The van der Waals surface area contributed by atoms with Crippen LogP contribution in [0.1, 0.15) is 30.1 Å². The molecular weight excluding hydrogens is 281 g/mol. The molecule has 21 heavy (non-hydrogen) atoms. The minimum atomic E-state index is -4.40. The lowest BCUT2D eigenvalue weighted by molar-refractivity contribution is -0.140. The third kappa shape index (κ3) is 3.77. The molecule has 0 aliphatic rings. The van der Waals surface area contributed by atoms with Gasteiger partial charge in [-0.05, 0) is 18.6 Å². The molecule has 1 N–H and O–H groups in total. The Hall–Kier alpha value is -1.98. The van der Waals surface area contributed by atoms with E-state index >= 15 is 0 Å². The van der Waals surface area contributed by atoms with Crippen molar-refractivity contribution in [3.05, 3.63) is 36.0 Å². The zero-order chi connectivity index (χ0) is 15.5. The number of aromatic amines is 1. The van der Waals surface area contributed by atoms with E-state index in [0.29, 0.717) is 11.9 Å². The van der Waals surface area contributed by atoms with E-state index < -0.39 is 18.6 Å². The van der Waals surface area contributed by atoms with Crippen molar-refractivity contribution in [2.45, 2.75) is 25.9 Å². The van der Waals surface area contributed by atoms with Crippen LogP contribution in [0.2, 0.25) is 0 Å². The van der Waals surface area contributed by atoms with E-state index in [1.165, 1.54) is 0 Å².